The Morgan fingerprint density at radius 1 is 1.16 bits per heavy atom. The Morgan fingerprint density at radius 3 is 2.58 bits per heavy atom. The topological polar surface area (TPSA) is 121 Å². The van der Waals surface area contributed by atoms with Crippen molar-refractivity contribution >= 4 is 43.5 Å². The Hall–Kier alpha value is -2.82. The molecule has 0 bridgehead atoms. The van der Waals surface area contributed by atoms with Crippen LogP contribution in [0.25, 0.3) is 10.2 Å². The number of primary sulfonamides is 1. The molecule has 31 heavy (non-hydrogen) atoms. The summed E-state index contributed by atoms with van der Waals surface area (Å²) in [6.07, 6.45) is 0.115. The van der Waals surface area contributed by atoms with Gasteiger partial charge in [0.1, 0.15) is 6.54 Å². The fourth-order valence-corrected chi connectivity index (χ4v) is 4.80. The predicted octanol–water partition coefficient (Wildman–Crippen LogP) is 2.20. The fourth-order valence-electron chi connectivity index (χ4n) is 3.10. The number of hydrogen-bond acceptors (Lipinski definition) is 6. The number of nitrogens with zero attached hydrogens (tertiary/aromatic N) is 2. The predicted molar refractivity (Wildman–Crippen MR) is 118 cm³/mol. The highest BCUT2D eigenvalue weighted by molar-refractivity contribution is 7.89. The van der Waals surface area contributed by atoms with Gasteiger partial charge in [0.2, 0.25) is 10.0 Å². The van der Waals surface area contributed by atoms with E-state index in [-0.39, 0.29) is 35.2 Å². The molecule has 0 aliphatic heterocycles. The van der Waals surface area contributed by atoms with E-state index in [0.29, 0.717) is 10.2 Å². The van der Waals surface area contributed by atoms with Crippen molar-refractivity contribution in [2.75, 3.05) is 6.61 Å². The first-order valence-electron chi connectivity index (χ1n) is 9.54. The Bertz CT molecular complexity index is 1340. The molecular weight excluding hydrogens is 438 g/mol. The minimum Gasteiger partial charge on any atom is -0.465 e. The average molecular weight is 462 g/mol. The third kappa shape index (κ3) is 5.46. The molecule has 0 saturated heterocycles. The maximum Gasteiger partial charge on any atom is 0.326 e. The molecule has 0 saturated carbocycles. The van der Waals surface area contributed by atoms with Crippen molar-refractivity contribution < 1.29 is 22.7 Å². The molecule has 0 unspecified atom stereocenters. The van der Waals surface area contributed by atoms with Crippen molar-refractivity contribution in [3.63, 3.8) is 0 Å². The van der Waals surface area contributed by atoms with E-state index in [0.717, 1.165) is 28.0 Å². The van der Waals surface area contributed by atoms with Crippen LogP contribution < -0.4 is 9.94 Å². The molecule has 0 radical (unpaired) electrons. The highest BCUT2D eigenvalue weighted by atomic mass is 32.2. The summed E-state index contributed by atoms with van der Waals surface area (Å²) < 4.78 is 30.5. The van der Waals surface area contributed by atoms with Crippen LogP contribution in [0.15, 0.2) is 46.3 Å². The number of fused-ring (bicyclic) bond motifs is 1. The number of nitrogens with two attached hydrogens (primary N) is 1. The summed E-state index contributed by atoms with van der Waals surface area (Å²) in [4.78, 5) is 29.3. The SMILES string of the molecule is CCOC(=O)Cn1c(=NC(=O)Cc2cc(C)ccc2C)sc2cc(S(N)(=O)=O)ccc21. The zero-order valence-electron chi connectivity index (χ0n) is 17.4. The van der Waals surface area contributed by atoms with Gasteiger partial charge in [0.25, 0.3) is 5.91 Å². The zero-order valence-corrected chi connectivity index (χ0v) is 19.0. The number of aromatic nitrogens is 1. The van der Waals surface area contributed by atoms with E-state index in [9.17, 15) is 18.0 Å². The Kier molecular flexibility index (Phi) is 6.73. The molecule has 2 aromatic carbocycles. The summed E-state index contributed by atoms with van der Waals surface area (Å²) in [5.74, 6) is -0.856. The van der Waals surface area contributed by atoms with Gasteiger partial charge in [0, 0.05) is 0 Å². The van der Waals surface area contributed by atoms with Crippen molar-refractivity contribution in [2.45, 2.75) is 38.6 Å². The lowest BCUT2D eigenvalue weighted by Gasteiger charge is -2.06. The third-order valence-electron chi connectivity index (χ3n) is 4.64. The lowest BCUT2D eigenvalue weighted by Crippen LogP contribution is -2.23. The van der Waals surface area contributed by atoms with Gasteiger partial charge in [-0.25, -0.2) is 13.6 Å². The van der Waals surface area contributed by atoms with Crippen LogP contribution in [-0.4, -0.2) is 31.5 Å². The molecule has 1 aromatic heterocycles. The fraction of sp³-hybridized carbons (Fsp3) is 0.286. The number of esters is 1. The molecule has 1 amide bonds. The van der Waals surface area contributed by atoms with Gasteiger partial charge in [0.15, 0.2) is 4.80 Å². The molecule has 164 valence electrons. The standard InChI is InChI=1S/C21H23N3O5S2/c1-4-29-20(26)12-24-17-8-7-16(31(22,27)28)11-18(17)30-21(24)23-19(25)10-15-9-13(2)5-6-14(15)3/h5-9,11H,4,10,12H2,1-3H3,(H2,22,27,28). The number of aryl methyl sites for hydroxylation is 2. The smallest absolute Gasteiger partial charge is 0.326 e. The van der Waals surface area contributed by atoms with Crippen LogP contribution in [0.1, 0.15) is 23.6 Å². The lowest BCUT2D eigenvalue weighted by atomic mass is 10.0. The zero-order chi connectivity index (χ0) is 22.8. The first-order chi connectivity index (χ1) is 14.6. The summed E-state index contributed by atoms with van der Waals surface area (Å²) in [5, 5.41) is 5.22. The normalized spacial score (nSPS) is 12.3. The molecule has 0 aliphatic carbocycles. The number of carbonyl (C=O) groups is 2. The van der Waals surface area contributed by atoms with Crippen LogP contribution in [0.3, 0.4) is 0 Å². The average Bonchev–Trinajstić information content (AvgIpc) is 3.00. The minimum atomic E-state index is -3.89. The second-order valence-corrected chi connectivity index (χ2v) is 9.63. The number of benzene rings is 2. The Labute approximate surface area is 184 Å². The monoisotopic (exact) mass is 461 g/mol. The minimum absolute atomic E-state index is 0.0576. The highest BCUT2D eigenvalue weighted by Gasteiger charge is 2.16. The molecule has 0 fully saturated rings. The Morgan fingerprint density at radius 2 is 1.90 bits per heavy atom. The molecule has 8 nitrogen and oxygen atoms in total. The van der Waals surface area contributed by atoms with E-state index in [1.807, 2.05) is 32.0 Å². The van der Waals surface area contributed by atoms with Crippen LogP contribution in [0, 0.1) is 13.8 Å². The number of hydrogen-bond donors (Lipinski definition) is 1. The van der Waals surface area contributed by atoms with Gasteiger partial charge in [0.05, 0.1) is 28.1 Å². The second-order valence-electron chi connectivity index (χ2n) is 7.06. The summed E-state index contributed by atoms with van der Waals surface area (Å²) in [6.45, 7) is 5.64. The number of ether oxygens (including phenoxy) is 1. The molecule has 0 aliphatic rings. The number of sulfonamides is 1. The van der Waals surface area contributed by atoms with Crippen molar-refractivity contribution in [1.82, 2.24) is 4.57 Å². The number of carbonyl (C=O) groups excluding carboxylic acids is 2. The van der Waals surface area contributed by atoms with E-state index >= 15 is 0 Å². The molecule has 2 N–H and O–H groups in total. The molecular formula is C21H23N3O5S2. The van der Waals surface area contributed by atoms with E-state index in [2.05, 4.69) is 4.99 Å². The van der Waals surface area contributed by atoms with Crippen molar-refractivity contribution in [2.24, 2.45) is 10.1 Å². The number of rotatable bonds is 6. The highest BCUT2D eigenvalue weighted by Crippen LogP contribution is 2.21. The molecule has 0 spiro atoms. The number of amides is 1. The van der Waals surface area contributed by atoms with Crippen LogP contribution in [-0.2, 0) is 37.3 Å². The first kappa shape index (κ1) is 22.9. The largest absolute Gasteiger partial charge is 0.465 e. The van der Waals surface area contributed by atoms with E-state index < -0.39 is 16.0 Å². The first-order valence-corrected chi connectivity index (χ1v) is 11.9. The maximum absolute atomic E-state index is 12.7. The van der Waals surface area contributed by atoms with E-state index in [1.165, 1.54) is 12.1 Å². The molecule has 3 rings (SSSR count). The number of thiazole rings is 1. The van der Waals surface area contributed by atoms with Crippen molar-refractivity contribution in [3.8, 4) is 0 Å². The third-order valence-corrected chi connectivity index (χ3v) is 6.59. The quantitative estimate of drug-likeness (QED) is 0.564. The van der Waals surface area contributed by atoms with Gasteiger partial charge in [-0.1, -0.05) is 35.1 Å². The Balaban J connectivity index is 2.08. The summed E-state index contributed by atoms with van der Waals surface area (Å²) in [5.41, 5.74) is 3.47. The van der Waals surface area contributed by atoms with Gasteiger partial charge in [-0.15, -0.1) is 0 Å². The van der Waals surface area contributed by atoms with Gasteiger partial charge >= 0.3 is 5.97 Å². The van der Waals surface area contributed by atoms with Gasteiger partial charge in [-0.3, -0.25) is 9.59 Å². The molecule has 1 heterocycles. The van der Waals surface area contributed by atoms with Crippen LogP contribution >= 0.6 is 11.3 Å². The lowest BCUT2D eigenvalue weighted by molar-refractivity contribution is -0.143. The van der Waals surface area contributed by atoms with Gasteiger partial charge in [-0.2, -0.15) is 4.99 Å². The summed E-state index contributed by atoms with van der Waals surface area (Å²) >= 11 is 1.11. The molecule has 10 heteroatoms. The second kappa shape index (κ2) is 9.13. The van der Waals surface area contributed by atoms with Crippen molar-refractivity contribution in [3.05, 3.63) is 57.9 Å². The molecule has 3 aromatic rings. The molecule has 0 atom stereocenters. The van der Waals surface area contributed by atoms with Crippen LogP contribution in [0.5, 0.6) is 0 Å². The maximum atomic E-state index is 12.7. The van der Waals surface area contributed by atoms with E-state index in [1.54, 1.807) is 17.6 Å². The van der Waals surface area contributed by atoms with Crippen molar-refractivity contribution in [1.29, 1.82) is 0 Å². The van der Waals surface area contributed by atoms with Gasteiger partial charge < -0.3 is 9.30 Å². The van der Waals surface area contributed by atoms with Crippen LogP contribution in [0.4, 0.5) is 0 Å². The summed E-state index contributed by atoms with van der Waals surface area (Å²) in [7, 11) is -3.89. The summed E-state index contributed by atoms with van der Waals surface area (Å²) in [6, 6.07) is 10.2. The van der Waals surface area contributed by atoms with Gasteiger partial charge in [-0.05, 0) is 50.1 Å². The van der Waals surface area contributed by atoms with E-state index in [4.69, 9.17) is 9.88 Å². The van der Waals surface area contributed by atoms with Crippen LogP contribution in [0.2, 0.25) is 0 Å².